The van der Waals surface area contributed by atoms with E-state index in [0.717, 1.165) is 6.07 Å². The van der Waals surface area contributed by atoms with Gasteiger partial charge >= 0.3 is 0 Å². The average molecular weight is 438 g/mol. The van der Waals surface area contributed by atoms with Crippen LogP contribution in [0.2, 0.25) is 0 Å². The van der Waals surface area contributed by atoms with Gasteiger partial charge < -0.3 is 4.90 Å². The van der Waals surface area contributed by atoms with Gasteiger partial charge in [-0.15, -0.1) is 17.9 Å². The molecule has 1 aromatic heterocycles. The lowest BCUT2D eigenvalue weighted by Crippen LogP contribution is -2.52. The zero-order valence-electron chi connectivity index (χ0n) is 16.0. The Morgan fingerprint density at radius 1 is 1.17 bits per heavy atom. The summed E-state index contributed by atoms with van der Waals surface area (Å²) in [5.41, 5.74) is 0. The van der Waals surface area contributed by atoms with E-state index in [2.05, 4.69) is 6.58 Å². The third kappa shape index (κ3) is 5.30. The molecule has 0 unspecified atom stereocenters. The Balaban J connectivity index is 1.58. The molecule has 2 heterocycles. The van der Waals surface area contributed by atoms with Gasteiger partial charge in [-0.3, -0.25) is 9.69 Å². The lowest BCUT2D eigenvalue weighted by Gasteiger charge is -2.35. The van der Waals surface area contributed by atoms with Crippen LogP contribution in [0.25, 0.3) is 0 Å². The van der Waals surface area contributed by atoms with Crippen molar-refractivity contribution in [3.8, 4) is 0 Å². The third-order valence-electron chi connectivity index (χ3n) is 4.75. The molecule has 1 aliphatic heterocycles. The normalized spacial score (nSPS) is 15.6. The zero-order valence-corrected chi connectivity index (χ0v) is 17.7. The molecule has 0 spiro atoms. The van der Waals surface area contributed by atoms with Crippen LogP contribution in [0.1, 0.15) is 4.88 Å². The number of carbonyl (C=O) groups excluding carboxylic acids is 1. The van der Waals surface area contributed by atoms with Gasteiger partial charge in [-0.2, -0.15) is 4.31 Å². The Hall–Kier alpha value is -2.07. The topological polar surface area (TPSA) is 60.9 Å². The number of halogens is 1. The number of hydrogen-bond acceptors (Lipinski definition) is 5. The fraction of sp³-hybridized carbons (Fsp3) is 0.350. The molecule has 3 rings (SSSR count). The molecule has 1 saturated heterocycles. The number of amides is 1. The van der Waals surface area contributed by atoms with E-state index in [1.807, 2.05) is 22.4 Å². The van der Waals surface area contributed by atoms with Crippen LogP contribution in [-0.2, 0) is 21.4 Å². The second-order valence-corrected chi connectivity index (χ2v) is 9.69. The molecule has 29 heavy (non-hydrogen) atoms. The Labute approximate surface area is 174 Å². The summed E-state index contributed by atoms with van der Waals surface area (Å²) in [6.45, 7) is 6.11. The molecule has 0 bridgehead atoms. The molecular weight excluding hydrogens is 413 g/mol. The van der Waals surface area contributed by atoms with Gasteiger partial charge in [0.05, 0.1) is 6.54 Å². The molecule has 0 aliphatic carbocycles. The van der Waals surface area contributed by atoms with E-state index in [9.17, 15) is 17.6 Å². The highest BCUT2D eigenvalue weighted by Crippen LogP contribution is 2.20. The Bertz CT molecular complexity index is 940. The lowest BCUT2D eigenvalue weighted by atomic mass is 10.3. The largest absolute Gasteiger partial charge is 0.339 e. The summed E-state index contributed by atoms with van der Waals surface area (Å²) in [6, 6.07) is 9.35. The summed E-state index contributed by atoms with van der Waals surface area (Å²) in [5.74, 6) is -0.814. The molecule has 6 nitrogen and oxygen atoms in total. The molecule has 9 heteroatoms. The average Bonchev–Trinajstić information content (AvgIpc) is 3.21. The van der Waals surface area contributed by atoms with Gasteiger partial charge in [0.2, 0.25) is 15.9 Å². The first-order valence-electron chi connectivity index (χ1n) is 9.30. The maximum Gasteiger partial charge on any atom is 0.246 e. The Kier molecular flexibility index (Phi) is 7.18. The number of rotatable bonds is 8. The number of thiophene rings is 1. The number of benzene rings is 1. The van der Waals surface area contributed by atoms with E-state index in [4.69, 9.17) is 0 Å². The predicted octanol–water partition coefficient (Wildman–Crippen LogP) is 2.41. The Morgan fingerprint density at radius 3 is 2.52 bits per heavy atom. The number of nitrogens with zero attached hydrogens (tertiary/aromatic N) is 3. The summed E-state index contributed by atoms with van der Waals surface area (Å²) in [4.78, 5) is 17.2. The van der Waals surface area contributed by atoms with Crippen LogP contribution >= 0.6 is 11.3 Å². The highest BCUT2D eigenvalue weighted by Gasteiger charge is 2.32. The lowest BCUT2D eigenvalue weighted by molar-refractivity contribution is -0.133. The van der Waals surface area contributed by atoms with Gasteiger partial charge in [0.25, 0.3) is 0 Å². The van der Waals surface area contributed by atoms with Crippen molar-refractivity contribution in [2.24, 2.45) is 0 Å². The minimum Gasteiger partial charge on any atom is -0.339 e. The monoisotopic (exact) mass is 437 g/mol. The maximum absolute atomic E-state index is 13.9. The summed E-state index contributed by atoms with van der Waals surface area (Å²) in [7, 11) is -3.91. The molecule has 1 fully saturated rings. The first-order chi connectivity index (χ1) is 13.9. The SMILES string of the molecule is C=CCN(CC(=O)N1CCN(S(=O)(=O)c2ccccc2F)CC1)Cc1cccs1. The van der Waals surface area contributed by atoms with Crippen molar-refractivity contribution in [3.63, 3.8) is 0 Å². The molecule has 1 aromatic carbocycles. The molecule has 1 amide bonds. The minimum absolute atomic E-state index is 0.0497. The molecule has 0 N–H and O–H groups in total. The number of piperazine rings is 1. The molecule has 0 atom stereocenters. The molecule has 156 valence electrons. The zero-order chi connectivity index (χ0) is 20.9. The molecular formula is C20H24FN3O3S2. The van der Waals surface area contributed by atoms with E-state index >= 15 is 0 Å². The van der Waals surface area contributed by atoms with Crippen LogP contribution in [0, 0.1) is 5.82 Å². The third-order valence-corrected chi connectivity index (χ3v) is 7.54. The summed E-state index contributed by atoms with van der Waals surface area (Å²) in [6.07, 6.45) is 1.76. The van der Waals surface area contributed by atoms with Gasteiger partial charge in [-0.05, 0) is 23.6 Å². The number of carbonyl (C=O) groups is 1. The standard InChI is InChI=1S/C20H24FN3O3S2/c1-2-9-22(15-17-6-5-14-28-17)16-20(25)23-10-12-24(13-11-23)29(26,27)19-8-4-3-7-18(19)21/h2-8,14H,1,9-13,15-16H2. The van der Waals surface area contributed by atoms with Crippen LogP contribution in [0.3, 0.4) is 0 Å². The predicted molar refractivity (Wildman–Crippen MR) is 112 cm³/mol. The maximum atomic E-state index is 13.9. The fourth-order valence-electron chi connectivity index (χ4n) is 3.25. The molecule has 0 radical (unpaired) electrons. The van der Waals surface area contributed by atoms with Crippen molar-refractivity contribution in [3.05, 3.63) is 65.1 Å². The van der Waals surface area contributed by atoms with Crippen LogP contribution in [0.15, 0.2) is 59.3 Å². The van der Waals surface area contributed by atoms with Crippen molar-refractivity contribution in [1.82, 2.24) is 14.1 Å². The van der Waals surface area contributed by atoms with Crippen LogP contribution in [-0.4, -0.2) is 67.7 Å². The highest BCUT2D eigenvalue weighted by atomic mass is 32.2. The Morgan fingerprint density at radius 2 is 1.90 bits per heavy atom. The minimum atomic E-state index is -3.91. The van der Waals surface area contributed by atoms with Crippen molar-refractivity contribution in [1.29, 1.82) is 0 Å². The number of sulfonamides is 1. The quantitative estimate of drug-likeness (QED) is 0.595. The second kappa shape index (κ2) is 9.62. The van der Waals surface area contributed by atoms with E-state index in [1.54, 1.807) is 22.3 Å². The van der Waals surface area contributed by atoms with Gasteiger partial charge in [-0.1, -0.05) is 24.3 Å². The molecule has 1 aliphatic rings. The van der Waals surface area contributed by atoms with Crippen LogP contribution in [0.4, 0.5) is 4.39 Å². The van der Waals surface area contributed by atoms with Gasteiger partial charge in [-0.25, -0.2) is 12.8 Å². The first-order valence-corrected chi connectivity index (χ1v) is 11.6. The van der Waals surface area contributed by atoms with E-state index < -0.39 is 15.8 Å². The smallest absolute Gasteiger partial charge is 0.246 e. The van der Waals surface area contributed by atoms with E-state index in [1.165, 1.54) is 27.4 Å². The van der Waals surface area contributed by atoms with E-state index in [0.29, 0.717) is 13.1 Å². The van der Waals surface area contributed by atoms with Crippen LogP contribution in [0.5, 0.6) is 0 Å². The van der Waals surface area contributed by atoms with E-state index in [-0.39, 0.29) is 43.5 Å². The second-order valence-electron chi connectivity index (χ2n) is 6.75. The van der Waals surface area contributed by atoms with Crippen molar-refractivity contribution in [2.75, 3.05) is 39.3 Å². The molecule has 0 saturated carbocycles. The first kappa shape index (κ1) is 21.6. The van der Waals surface area contributed by atoms with Crippen LogP contribution < -0.4 is 0 Å². The summed E-state index contributed by atoms with van der Waals surface area (Å²) < 4.78 is 40.6. The molecule has 2 aromatic rings. The van der Waals surface area contributed by atoms with Gasteiger partial charge in [0.1, 0.15) is 10.7 Å². The van der Waals surface area contributed by atoms with Gasteiger partial charge in [0, 0.05) is 44.1 Å². The summed E-state index contributed by atoms with van der Waals surface area (Å²) in [5, 5.41) is 2.00. The fourth-order valence-corrected chi connectivity index (χ4v) is 5.49. The van der Waals surface area contributed by atoms with Gasteiger partial charge in [0.15, 0.2) is 0 Å². The number of hydrogen-bond donors (Lipinski definition) is 0. The highest BCUT2D eigenvalue weighted by molar-refractivity contribution is 7.89. The van der Waals surface area contributed by atoms with Crippen molar-refractivity contribution >= 4 is 27.3 Å². The summed E-state index contributed by atoms with van der Waals surface area (Å²) >= 11 is 1.64. The van der Waals surface area contributed by atoms with Crippen molar-refractivity contribution in [2.45, 2.75) is 11.4 Å². The van der Waals surface area contributed by atoms with Crippen molar-refractivity contribution < 1.29 is 17.6 Å².